The highest BCUT2D eigenvalue weighted by molar-refractivity contribution is 6.30. The minimum atomic E-state index is -0.363. The molecule has 0 aliphatic heterocycles. The minimum Gasteiger partial charge on any atom is -0.381 e. The van der Waals surface area contributed by atoms with E-state index in [1.807, 2.05) is 24.3 Å². The van der Waals surface area contributed by atoms with Crippen molar-refractivity contribution in [3.8, 4) is 0 Å². The summed E-state index contributed by atoms with van der Waals surface area (Å²) in [5, 5.41) is 6.17. The first-order valence-electron chi connectivity index (χ1n) is 6.56. The average Bonchev–Trinajstić information content (AvgIpc) is 2.45. The monoisotopic (exact) mass is 306 g/mol. The molecule has 0 aromatic heterocycles. The van der Waals surface area contributed by atoms with E-state index in [2.05, 4.69) is 10.6 Å². The number of benzene rings is 2. The second-order valence-electron chi connectivity index (χ2n) is 4.64. The lowest BCUT2D eigenvalue weighted by atomic mass is 10.1. The van der Waals surface area contributed by atoms with Gasteiger partial charge in [-0.3, -0.25) is 4.79 Å². The zero-order chi connectivity index (χ0) is 15.2. The topological polar surface area (TPSA) is 41.1 Å². The Morgan fingerprint density at radius 1 is 1.24 bits per heavy atom. The SMILES string of the molecule is CNC(=O)Cc1ccccc1NCc1cc(F)cc(Cl)c1. The molecule has 2 rings (SSSR count). The number of likely N-dealkylation sites (N-methyl/N-ethyl adjacent to an activating group) is 1. The van der Waals surface area contributed by atoms with Crippen molar-refractivity contribution in [3.05, 3.63) is 64.4 Å². The van der Waals surface area contributed by atoms with Crippen LogP contribution in [0.25, 0.3) is 0 Å². The number of hydrogen-bond acceptors (Lipinski definition) is 2. The van der Waals surface area contributed by atoms with Gasteiger partial charge in [-0.05, 0) is 35.4 Å². The molecule has 0 spiro atoms. The summed E-state index contributed by atoms with van der Waals surface area (Å²) in [6.07, 6.45) is 0.295. The van der Waals surface area contributed by atoms with Crippen molar-refractivity contribution in [2.45, 2.75) is 13.0 Å². The standard InChI is InChI=1S/C16H16ClFN2O/c1-19-16(21)8-12-4-2-3-5-15(12)20-10-11-6-13(17)9-14(18)7-11/h2-7,9,20H,8,10H2,1H3,(H,19,21). The van der Waals surface area contributed by atoms with Gasteiger partial charge >= 0.3 is 0 Å². The maximum atomic E-state index is 13.3. The Labute approximate surface area is 128 Å². The van der Waals surface area contributed by atoms with E-state index in [1.165, 1.54) is 12.1 Å². The lowest BCUT2D eigenvalue weighted by Gasteiger charge is -2.12. The van der Waals surface area contributed by atoms with Gasteiger partial charge in [-0.1, -0.05) is 29.8 Å². The Kier molecular flexibility index (Phi) is 5.17. The molecule has 0 fully saturated rings. The van der Waals surface area contributed by atoms with Crippen molar-refractivity contribution in [2.24, 2.45) is 0 Å². The molecule has 0 unspecified atom stereocenters. The Balaban J connectivity index is 2.10. The van der Waals surface area contributed by atoms with E-state index in [4.69, 9.17) is 11.6 Å². The summed E-state index contributed by atoms with van der Waals surface area (Å²) in [6.45, 7) is 0.433. The molecule has 1 amide bonds. The van der Waals surface area contributed by atoms with Crippen LogP contribution in [0.15, 0.2) is 42.5 Å². The van der Waals surface area contributed by atoms with Gasteiger partial charge in [0.05, 0.1) is 6.42 Å². The summed E-state index contributed by atoms with van der Waals surface area (Å²) in [5.41, 5.74) is 2.48. The summed E-state index contributed by atoms with van der Waals surface area (Å²) in [6, 6.07) is 11.9. The zero-order valence-corrected chi connectivity index (χ0v) is 12.4. The summed E-state index contributed by atoms with van der Waals surface area (Å²) in [5.74, 6) is -0.420. The van der Waals surface area contributed by atoms with E-state index in [1.54, 1.807) is 13.1 Å². The molecule has 2 aromatic rings. The first-order valence-corrected chi connectivity index (χ1v) is 6.93. The number of para-hydroxylation sites is 1. The van der Waals surface area contributed by atoms with Crippen molar-refractivity contribution in [1.29, 1.82) is 0 Å². The highest BCUT2D eigenvalue weighted by atomic mass is 35.5. The molecule has 2 N–H and O–H groups in total. The van der Waals surface area contributed by atoms with Crippen LogP contribution in [0.3, 0.4) is 0 Å². The van der Waals surface area contributed by atoms with Crippen molar-refractivity contribution in [2.75, 3.05) is 12.4 Å². The van der Waals surface area contributed by atoms with Crippen LogP contribution in [0.1, 0.15) is 11.1 Å². The van der Waals surface area contributed by atoms with E-state index in [9.17, 15) is 9.18 Å². The maximum Gasteiger partial charge on any atom is 0.224 e. The normalized spacial score (nSPS) is 10.2. The fourth-order valence-corrected chi connectivity index (χ4v) is 2.26. The molecule has 0 saturated carbocycles. The molecule has 0 aliphatic rings. The lowest BCUT2D eigenvalue weighted by molar-refractivity contribution is -0.119. The molecule has 0 aliphatic carbocycles. The van der Waals surface area contributed by atoms with E-state index >= 15 is 0 Å². The van der Waals surface area contributed by atoms with Crippen LogP contribution in [0, 0.1) is 5.82 Å². The summed E-state index contributed by atoms with van der Waals surface area (Å²) >= 11 is 5.83. The smallest absolute Gasteiger partial charge is 0.224 e. The van der Waals surface area contributed by atoms with E-state index in [0.717, 1.165) is 16.8 Å². The number of anilines is 1. The molecule has 21 heavy (non-hydrogen) atoms. The Morgan fingerprint density at radius 3 is 2.71 bits per heavy atom. The summed E-state index contributed by atoms with van der Waals surface area (Å²) in [4.78, 5) is 11.5. The molecule has 0 heterocycles. The third kappa shape index (κ3) is 4.46. The molecule has 0 radical (unpaired) electrons. The van der Waals surface area contributed by atoms with Gasteiger partial charge in [-0.15, -0.1) is 0 Å². The average molecular weight is 307 g/mol. The fourth-order valence-electron chi connectivity index (χ4n) is 2.02. The largest absolute Gasteiger partial charge is 0.381 e. The number of nitrogens with one attached hydrogen (secondary N) is 2. The van der Waals surface area contributed by atoms with E-state index in [-0.39, 0.29) is 11.7 Å². The molecule has 2 aromatic carbocycles. The van der Waals surface area contributed by atoms with Crippen molar-refractivity contribution >= 4 is 23.2 Å². The van der Waals surface area contributed by atoms with Crippen molar-refractivity contribution in [3.63, 3.8) is 0 Å². The fraction of sp³-hybridized carbons (Fsp3) is 0.188. The number of carbonyl (C=O) groups is 1. The molecule has 5 heteroatoms. The van der Waals surface area contributed by atoms with Crippen molar-refractivity contribution in [1.82, 2.24) is 5.32 Å². The highest BCUT2D eigenvalue weighted by Crippen LogP contribution is 2.19. The second-order valence-corrected chi connectivity index (χ2v) is 5.07. The summed E-state index contributed by atoms with van der Waals surface area (Å²) in [7, 11) is 1.60. The summed E-state index contributed by atoms with van der Waals surface area (Å²) < 4.78 is 13.3. The van der Waals surface area contributed by atoms with Gasteiger partial charge in [-0.25, -0.2) is 4.39 Å². The van der Waals surface area contributed by atoms with Gasteiger partial charge in [0.2, 0.25) is 5.91 Å². The molecule has 3 nitrogen and oxygen atoms in total. The molecule has 0 saturated heterocycles. The van der Waals surface area contributed by atoms with Gasteiger partial charge in [0.25, 0.3) is 0 Å². The zero-order valence-electron chi connectivity index (χ0n) is 11.6. The van der Waals surface area contributed by atoms with Crippen LogP contribution >= 0.6 is 11.6 Å². The van der Waals surface area contributed by atoms with E-state index < -0.39 is 0 Å². The van der Waals surface area contributed by atoms with Gasteiger partial charge in [-0.2, -0.15) is 0 Å². The number of halogens is 2. The first kappa shape index (κ1) is 15.3. The second kappa shape index (κ2) is 7.09. The molecule has 110 valence electrons. The third-order valence-electron chi connectivity index (χ3n) is 3.05. The number of carbonyl (C=O) groups excluding carboxylic acids is 1. The Bertz CT molecular complexity index is 626. The van der Waals surface area contributed by atoms with Crippen LogP contribution in [-0.4, -0.2) is 13.0 Å². The third-order valence-corrected chi connectivity index (χ3v) is 3.27. The van der Waals surface area contributed by atoms with Crippen LogP contribution < -0.4 is 10.6 Å². The van der Waals surface area contributed by atoms with Crippen molar-refractivity contribution < 1.29 is 9.18 Å². The van der Waals surface area contributed by atoms with Crippen LogP contribution in [0.5, 0.6) is 0 Å². The molecule has 0 bridgehead atoms. The number of amides is 1. The minimum absolute atomic E-state index is 0.0574. The Morgan fingerprint density at radius 2 is 2.00 bits per heavy atom. The lowest BCUT2D eigenvalue weighted by Crippen LogP contribution is -2.20. The highest BCUT2D eigenvalue weighted by Gasteiger charge is 2.06. The van der Waals surface area contributed by atoms with Gasteiger partial charge in [0.1, 0.15) is 5.82 Å². The van der Waals surface area contributed by atoms with Gasteiger partial charge in [0.15, 0.2) is 0 Å². The molecular formula is C16H16ClFN2O. The number of rotatable bonds is 5. The van der Waals surface area contributed by atoms with E-state index in [0.29, 0.717) is 18.0 Å². The van der Waals surface area contributed by atoms with Gasteiger partial charge < -0.3 is 10.6 Å². The predicted octanol–water partition coefficient (Wildman–Crippen LogP) is 3.38. The number of hydrogen-bond donors (Lipinski definition) is 2. The maximum absolute atomic E-state index is 13.3. The van der Waals surface area contributed by atoms with Crippen LogP contribution in [0.2, 0.25) is 5.02 Å². The first-order chi connectivity index (χ1) is 10.1. The molecular weight excluding hydrogens is 291 g/mol. The molecule has 0 atom stereocenters. The Hall–Kier alpha value is -2.07. The van der Waals surface area contributed by atoms with Gasteiger partial charge in [0, 0.05) is 24.3 Å². The quantitative estimate of drug-likeness (QED) is 0.889. The van der Waals surface area contributed by atoms with Crippen LogP contribution in [0.4, 0.5) is 10.1 Å². The predicted molar refractivity (Wildman–Crippen MR) is 82.9 cm³/mol. The van der Waals surface area contributed by atoms with Crippen LogP contribution in [-0.2, 0) is 17.8 Å².